The van der Waals surface area contributed by atoms with E-state index in [-0.39, 0.29) is 21.3 Å². The molecule has 0 saturated heterocycles. The summed E-state index contributed by atoms with van der Waals surface area (Å²) in [5.74, 6) is -0.592. The van der Waals surface area contributed by atoms with Crippen molar-refractivity contribution in [3.63, 3.8) is 0 Å². The molecule has 0 atom stereocenters. The van der Waals surface area contributed by atoms with Gasteiger partial charge in [-0.1, -0.05) is 29.3 Å². The molecule has 2 nitrogen and oxygen atoms in total. The fraction of sp³-hybridized carbons (Fsp3) is 0.0714. The molecule has 0 aliphatic heterocycles. The lowest BCUT2D eigenvalue weighted by molar-refractivity contribution is -0.137. The normalized spacial score (nSPS) is 11.3. The summed E-state index contributed by atoms with van der Waals surface area (Å²) in [6, 6.07) is 8.65. The highest BCUT2D eigenvalue weighted by Crippen LogP contribution is 2.30. The van der Waals surface area contributed by atoms with Crippen LogP contribution in [0.25, 0.3) is 0 Å². The van der Waals surface area contributed by atoms with Crippen molar-refractivity contribution < 1.29 is 18.0 Å². The summed E-state index contributed by atoms with van der Waals surface area (Å²) in [6.45, 7) is 0. The van der Waals surface area contributed by atoms with Crippen molar-refractivity contribution in [1.82, 2.24) is 0 Å². The molecule has 2 aromatic rings. The van der Waals surface area contributed by atoms with E-state index in [1.165, 1.54) is 12.1 Å². The van der Waals surface area contributed by atoms with E-state index in [2.05, 4.69) is 5.32 Å². The molecule has 2 rings (SSSR count). The molecule has 0 radical (unpaired) electrons. The van der Waals surface area contributed by atoms with Gasteiger partial charge in [-0.05, 0) is 36.4 Å². The summed E-state index contributed by atoms with van der Waals surface area (Å²) in [5.41, 5.74) is -0.513. The monoisotopic (exact) mass is 333 g/mol. The van der Waals surface area contributed by atoms with Gasteiger partial charge in [0.05, 0.1) is 21.2 Å². The van der Waals surface area contributed by atoms with Gasteiger partial charge in [0, 0.05) is 5.69 Å². The second-order valence-corrected chi connectivity index (χ2v) is 4.94. The Morgan fingerprint density at radius 2 is 1.48 bits per heavy atom. The van der Waals surface area contributed by atoms with Crippen LogP contribution < -0.4 is 5.32 Å². The van der Waals surface area contributed by atoms with Gasteiger partial charge in [0.2, 0.25) is 0 Å². The topological polar surface area (TPSA) is 29.1 Å². The van der Waals surface area contributed by atoms with Gasteiger partial charge in [-0.25, -0.2) is 0 Å². The Labute approximate surface area is 128 Å². The highest BCUT2D eigenvalue weighted by Gasteiger charge is 2.30. The summed E-state index contributed by atoms with van der Waals surface area (Å²) < 4.78 is 37.3. The van der Waals surface area contributed by atoms with Crippen LogP contribution in [0, 0.1) is 0 Å². The lowest BCUT2D eigenvalue weighted by atomic mass is 10.1. The fourth-order valence-electron chi connectivity index (χ4n) is 1.65. The molecule has 0 fully saturated rings. The molecular weight excluding hydrogens is 326 g/mol. The Balaban J connectivity index is 2.21. The van der Waals surface area contributed by atoms with E-state index in [9.17, 15) is 18.0 Å². The van der Waals surface area contributed by atoms with Crippen molar-refractivity contribution in [1.29, 1.82) is 0 Å². The van der Waals surface area contributed by atoms with Crippen molar-refractivity contribution in [2.24, 2.45) is 0 Å². The van der Waals surface area contributed by atoms with Crippen LogP contribution >= 0.6 is 23.2 Å². The quantitative estimate of drug-likeness (QED) is 0.797. The highest BCUT2D eigenvalue weighted by atomic mass is 35.5. The maximum Gasteiger partial charge on any atom is 0.416 e. The first-order valence-corrected chi connectivity index (χ1v) is 6.47. The number of hydrogen-bond acceptors (Lipinski definition) is 1. The van der Waals surface area contributed by atoms with E-state index in [0.717, 1.165) is 24.3 Å². The van der Waals surface area contributed by atoms with Gasteiger partial charge in [-0.15, -0.1) is 0 Å². The average molecular weight is 334 g/mol. The lowest BCUT2D eigenvalue weighted by Crippen LogP contribution is -2.13. The third-order valence-electron chi connectivity index (χ3n) is 2.66. The van der Waals surface area contributed by atoms with Crippen molar-refractivity contribution in [2.45, 2.75) is 6.18 Å². The third kappa shape index (κ3) is 3.68. The predicted molar refractivity (Wildman–Crippen MR) is 75.9 cm³/mol. The van der Waals surface area contributed by atoms with Crippen LogP contribution in [0.1, 0.15) is 15.9 Å². The van der Waals surface area contributed by atoms with E-state index in [1.807, 2.05) is 0 Å². The zero-order valence-corrected chi connectivity index (χ0v) is 11.9. The minimum Gasteiger partial charge on any atom is -0.322 e. The first kappa shape index (κ1) is 15.7. The summed E-state index contributed by atoms with van der Waals surface area (Å²) in [6.07, 6.45) is -4.42. The molecule has 0 bridgehead atoms. The van der Waals surface area contributed by atoms with Gasteiger partial charge >= 0.3 is 6.18 Å². The predicted octanol–water partition coefficient (Wildman–Crippen LogP) is 5.26. The number of amides is 1. The Morgan fingerprint density at radius 1 is 0.952 bits per heavy atom. The van der Waals surface area contributed by atoms with Gasteiger partial charge in [0.25, 0.3) is 5.91 Å². The molecule has 0 spiro atoms. The largest absolute Gasteiger partial charge is 0.416 e. The van der Waals surface area contributed by atoms with Gasteiger partial charge in [-0.3, -0.25) is 4.79 Å². The molecule has 2 aromatic carbocycles. The number of hydrogen-bond donors (Lipinski definition) is 1. The van der Waals surface area contributed by atoms with Crippen molar-refractivity contribution in [3.8, 4) is 0 Å². The number of nitrogens with one attached hydrogen (secondary N) is 1. The lowest BCUT2D eigenvalue weighted by Gasteiger charge is -2.10. The maximum absolute atomic E-state index is 12.4. The van der Waals surface area contributed by atoms with E-state index < -0.39 is 17.6 Å². The van der Waals surface area contributed by atoms with Gasteiger partial charge in [0.15, 0.2) is 0 Å². The molecule has 0 saturated carbocycles. The van der Waals surface area contributed by atoms with Gasteiger partial charge in [-0.2, -0.15) is 13.2 Å². The number of carbonyl (C=O) groups is 1. The highest BCUT2D eigenvalue weighted by molar-refractivity contribution is 6.40. The van der Waals surface area contributed by atoms with Crippen molar-refractivity contribution in [3.05, 3.63) is 63.6 Å². The van der Waals surface area contributed by atoms with E-state index in [1.54, 1.807) is 6.07 Å². The molecule has 0 aliphatic rings. The molecule has 1 N–H and O–H groups in total. The van der Waals surface area contributed by atoms with Crippen LogP contribution in [-0.2, 0) is 6.18 Å². The fourth-order valence-corrected chi connectivity index (χ4v) is 2.22. The van der Waals surface area contributed by atoms with Gasteiger partial charge in [0.1, 0.15) is 0 Å². The standard InChI is InChI=1S/C14H8Cl2F3NO/c15-10-2-1-3-11(16)12(10)13(21)20-9-6-4-8(5-7-9)14(17,18)19/h1-7H,(H,20,21). The van der Waals surface area contributed by atoms with Crippen LogP contribution in [-0.4, -0.2) is 5.91 Å². The van der Waals surface area contributed by atoms with Crippen molar-refractivity contribution >= 4 is 34.8 Å². The average Bonchev–Trinajstić information content (AvgIpc) is 2.38. The van der Waals surface area contributed by atoms with Crippen LogP contribution in [0.15, 0.2) is 42.5 Å². The van der Waals surface area contributed by atoms with E-state index in [0.29, 0.717) is 0 Å². The summed E-state index contributed by atoms with van der Waals surface area (Å²) in [7, 11) is 0. The zero-order valence-electron chi connectivity index (χ0n) is 10.3. The SMILES string of the molecule is O=C(Nc1ccc(C(F)(F)F)cc1)c1c(Cl)cccc1Cl. The molecule has 110 valence electrons. The zero-order chi connectivity index (χ0) is 15.6. The summed E-state index contributed by atoms with van der Waals surface area (Å²) >= 11 is 11.8. The minimum absolute atomic E-state index is 0.0701. The Hall–Kier alpha value is -1.72. The minimum atomic E-state index is -4.42. The van der Waals surface area contributed by atoms with Crippen LogP contribution in [0.4, 0.5) is 18.9 Å². The number of anilines is 1. The second kappa shape index (κ2) is 5.95. The molecule has 0 aromatic heterocycles. The maximum atomic E-state index is 12.4. The van der Waals surface area contributed by atoms with Crippen molar-refractivity contribution in [2.75, 3.05) is 5.32 Å². The number of rotatable bonds is 2. The van der Waals surface area contributed by atoms with Crippen LogP contribution in [0.3, 0.4) is 0 Å². The molecule has 21 heavy (non-hydrogen) atoms. The molecular formula is C14H8Cl2F3NO. The Bertz CT molecular complexity index is 649. The van der Waals surface area contributed by atoms with Crippen LogP contribution in [0.2, 0.25) is 10.0 Å². The second-order valence-electron chi connectivity index (χ2n) is 4.13. The van der Waals surface area contributed by atoms with E-state index >= 15 is 0 Å². The number of alkyl halides is 3. The number of carbonyl (C=O) groups excluding carboxylic acids is 1. The van der Waals surface area contributed by atoms with E-state index in [4.69, 9.17) is 23.2 Å². The number of benzene rings is 2. The number of halogens is 5. The van der Waals surface area contributed by atoms with Crippen LogP contribution in [0.5, 0.6) is 0 Å². The molecule has 1 amide bonds. The molecule has 0 aliphatic carbocycles. The summed E-state index contributed by atoms with van der Waals surface area (Å²) in [5, 5.41) is 2.76. The molecule has 0 unspecified atom stereocenters. The Morgan fingerprint density at radius 3 is 1.95 bits per heavy atom. The molecule has 0 heterocycles. The third-order valence-corrected chi connectivity index (χ3v) is 3.29. The first-order valence-electron chi connectivity index (χ1n) is 5.71. The molecule has 7 heteroatoms. The Kier molecular flexibility index (Phi) is 4.44. The van der Waals surface area contributed by atoms with Gasteiger partial charge < -0.3 is 5.32 Å². The smallest absolute Gasteiger partial charge is 0.322 e. The summed E-state index contributed by atoms with van der Waals surface area (Å²) in [4.78, 5) is 12.0. The first-order chi connectivity index (χ1) is 9.79.